The van der Waals surface area contributed by atoms with Crippen molar-refractivity contribution in [1.82, 2.24) is 0 Å². The summed E-state index contributed by atoms with van der Waals surface area (Å²) in [6.45, 7) is 2.33. The van der Waals surface area contributed by atoms with Gasteiger partial charge in [-0.05, 0) is 36.8 Å². The molecule has 1 aromatic carbocycles. The summed E-state index contributed by atoms with van der Waals surface area (Å²) in [6.07, 6.45) is 5.63. The van der Waals surface area contributed by atoms with Gasteiger partial charge in [0.2, 0.25) is 0 Å². The Morgan fingerprint density at radius 3 is 2.68 bits per heavy atom. The first-order valence-corrected chi connectivity index (χ1v) is 8.07. The fourth-order valence-electron chi connectivity index (χ4n) is 3.39. The van der Waals surface area contributed by atoms with Crippen LogP contribution in [0.2, 0.25) is 0 Å². The van der Waals surface area contributed by atoms with E-state index in [9.17, 15) is 5.11 Å². The first kappa shape index (κ1) is 13.4. The van der Waals surface area contributed by atoms with Crippen LogP contribution < -0.4 is 4.74 Å². The van der Waals surface area contributed by atoms with Gasteiger partial charge < -0.3 is 9.84 Å². The number of aliphatic hydroxyl groups is 1. The van der Waals surface area contributed by atoms with Gasteiger partial charge in [-0.15, -0.1) is 0 Å². The van der Waals surface area contributed by atoms with Gasteiger partial charge in [0.1, 0.15) is 11.9 Å². The lowest BCUT2D eigenvalue weighted by Gasteiger charge is -2.37. The van der Waals surface area contributed by atoms with Gasteiger partial charge in [0, 0.05) is 16.5 Å². The molecule has 0 aromatic heterocycles. The van der Waals surface area contributed by atoms with E-state index in [1.165, 1.54) is 25.7 Å². The second kappa shape index (κ2) is 5.45. The summed E-state index contributed by atoms with van der Waals surface area (Å²) in [7, 11) is 0. The number of rotatable bonds is 1. The third-order valence-corrected chi connectivity index (χ3v) is 5.15. The molecule has 1 heterocycles. The second-order valence-electron chi connectivity index (χ2n) is 6.11. The standard InChI is InChI=1S/C16H21BrO2/c1-10-2-4-11(5-3-10)15-9-14(18)13-7-6-12(17)8-16(13)19-15/h6-8,10-11,14-15,18H,2-5,9H2,1H3/t10?,11?,14-,15?/m1/s1. The van der Waals surface area contributed by atoms with Crippen molar-refractivity contribution in [3.05, 3.63) is 28.2 Å². The lowest BCUT2D eigenvalue weighted by atomic mass is 9.78. The Balaban J connectivity index is 1.76. The lowest BCUT2D eigenvalue weighted by Crippen LogP contribution is -2.34. The lowest BCUT2D eigenvalue weighted by molar-refractivity contribution is 0.0194. The number of hydrogen-bond acceptors (Lipinski definition) is 2. The average molecular weight is 325 g/mol. The predicted octanol–water partition coefficient (Wildman–Crippen LogP) is 4.46. The summed E-state index contributed by atoms with van der Waals surface area (Å²) >= 11 is 3.47. The van der Waals surface area contributed by atoms with Gasteiger partial charge in [0.25, 0.3) is 0 Å². The molecule has 1 fully saturated rings. The van der Waals surface area contributed by atoms with Crippen LogP contribution in [0.25, 0.3) is 0 Å². The van der Waals surface area contributed by atoms with Gasteiger partial charge in [0.15, 0.2) is 0 Å². The molecule has 1 N–H and O–H groups in total. The van der Waals surface area contributed by atoms with E-state index in [0.717, 1.165) is 28.1 Å². The number of aliphatic hydroxyl groups excluding tert-OH is 1. The van der Waals surface area contributed by atoms with Gasteiger partial charge in [-0.1, -0.05) is 41.8 Å². The molecule has 3 rings (SSSR count). The molecule has 1 unspecified atom stereocenters. The van der Waals surface area contributed by atoms with Crippen LogP contribution in [-0.2, 0) is 0 Å². The molecule has 0 spiro atoms. The van der Waals surface area contributed by atoms with E-state index in [1.807, 2.05) is 18.2 Å². The Hall–Kier alpha value is -0.540. The number of ether oxygens (including phenoxy) is 1. The molecule has 1 aromatic rings. The summed E-state index contributed by atoms with van der Waals surface area (Å²) in [4.78, 5) is 0. The van der Waals surface area contributed by atoms with Crippen LogP contribution in [0.1, 0.15) is 50.7 Å². The van der Waals surface area contributed by atoms with Crippen molar-refractivity contribution < 1.29 is 9.84 Å². The molecule has 1 saturated carbocycles. The maximum Gasteiger partial charge on any atom is 0.126 e. The quantitative estimate of drug-likeness (QED) is 0.826. The number of fused-ring (bicyclic) bond motifs is 1. The van der Waals surface area contributed by atoms with Crippen LogP contribution in [0, 0.1) is 11.8 Å². The summed E-state index contributed by atoms with van der Waals surface area (Å²) in [5.74, 6) is 2.32. The Morgan fingerprint density at radius 1 is 1.21 bits per heavy atom. The molecule has 2 aliphatic rings. The van der Waals surface area contributed by atoms with E-state index < -0.39 is 0 Å². The maximum atomic E-state index is 10.3. The summed E-state index contributed by atoms with van der Waals surface area (Å²) in [5, 5.41) is 10.3. The molecule has 1 aliphatic carbocycles. The zero-order chi connectivity index (χ0) is 13.4. The highest BCUT2D eigenvalue weighted by Crippen LogP contribution is 2.42. The van der Waals surface area contributed by atoms with Crippen LogP contribution >= 0.6 is 15.9 Å². The zero-order valence-corrected chi connectivity index (χ0v) is 12.9. The van der Waals surface area contributed by atoms with E-state index in [0.29, 0.717) is 5.92 Å². The molecule has 104 valence electrons. The smallest absolute Gasteiger partial charge is 0.126 e. The topological polar surface area (TPSA) is 29.5 Å². The SMILES string of the molecule is CC1CCC(C2C[C@@H](O)c3ccc(Br)cc3O2)CC1. The van der Waals surface area contributed by atoms with Gasteiger partial charge in [-0.2, -0.15) is 0 Å². The Kier molecular flexibility index (Phi) is 3.86. The van der Waals surface area contributed by atoms with Crippen molar-refractivity contribution in [2.75, 3.05) is 0 Å². The van der Waals surface area contributed by atoms with E-state index in [-0.39, 0.29) is 12.2 Å². The molecule has 1 aliphatic heterocycles. The molecule has 2 atom stereocenters. The first-order valence-electron chi connectivity index (χ1n) is 7.27. The molecular formula is C16H21BrO2. The second-order valence-corrected chi connectivity index (χ2v) is 7.03. The van der Waals surface area contributed by atoms with E-state index in [1.54, 1.807) is 0 Å². The van der Waals surface area contributed by atoms with Crippen LogP contribution in [0.5, 0.6) is 5.75 Å². The molecule has 0 saturated heterocycles. The van der Waals surface area contributed by atoms with E-state index >= 15 is 0 Å². The molecule has 0 radical (unpaired) electrons. The Bertz CT molecular complexity index is 452. The van der Waals surface area contributed by atoms with Crippen molar-refractivity contribution in [3.8, 4) is 5.75 Å². The van der Waals surface area contributed by atoms with Crippen LogP contribution in [0.4, 0.5) is 0 Å². The minimum Gasteiger partial charge on any atom is -0.490 e. The minimum absolute atomic E-state index is 0.185. The summed E-state index contributed by atoms with van der Waals surface area (Å²) in [5.41, 5.74) is 0.934. The Morgan fingerprint density at radius 2 is 1.95 bits per heavy atom. The molecular weight excluding hydrogens is 304 g/mol. The van der Waals surface area contributed by atoms with Crippen LogP contribution in [-0.4, -0.2) is 11.2 Å². The minimum atomic E-state index is -0.374. The maximum absolute atomic E-state index is 10.3. The number of benzene rings is 1. The van der Waals surface area contributed by atoms with Crippen molar-refractivity contribution in [1.29, 1.82) is 0 Å². The molecule has 0 amide bonds. The number of halogens is 1. The number of hydrogen-bond donors (Lipinski definition) is 1. The van der Waals surface area contributed by atoms with E-state index in [4.69, 9.17) is 4.74 Å². The van der Waals surface area contributed by atoms with E-state index in [2.05, 4.69) is 22.9 Å². The molecule has 19 heavy (non-hydrogen) atoms. The van der Waals surface area contributed by atoms with Crippen molar-refractivity contribution >= 4 is 15.9 Å². The van der Waals surface area contributed by atoms with Crippen molar-refractivity contribution in [2.45, 2.75) is 51.2 Å². The Labute approximate surface area is 123 Å². The fraction of sp³-hybridized carbons (Fsp3) is 0.625. The average Bonchev–Trinajstić information content (AvgIpc) is 2.38. The fourth-order valence-corrected chi connectivity index (χ4v) is 3.73. The van der Waals surface area contributed by atoms with Crippen molar-refractivity contribution in [2.24, 2.45) is 11.8 Å². The van der Waals surface area contributed by atoms with Gasteiger partial charge in [0.05, 0.1) is 6.10 Å². The summed E-state index contributed by atoms with van der Waals surface area (Å²) in [6, 6.07) is 5.91. The van der Waals surface area contributed by atoms with Crippen LogP contribution in [0.15, 0.2) is 22.7 Å². The zero-order valence-electron chi connectivity index (χ0n) is 11.3. The summed E-state index contributed by atoms with van der Waals surface area (Å²) < 4.78 is 7.18. The third kappa shape index (κ3) is 2.82. The predicted molar refractivity (Wildman–Crippen MR) is 79.3 cm³/mol. The van der Waals surface area contributed by atoms with Gasteiger partial charge >= 0.3 is 0 Å². The van der Waals surface area contributed by atoms with Crippen molar-refractivity contribution in [3.63, 3.8) is 0 Å². The molecule has 0 bridgehead atoms. The first-order chi connectivity index (χ1) is 9.13. The normalized spacial score (nSPS) is 34.5. The molecule has 3 heteroatoms. The highest BCUT2D eigenvalue weighted by Gasteiger charge is 2.34. The third-order valence-electron chi connectivity index (χ3n) is 4.65. The van der Waals surface area contributed by atoms with Gasteiger partial charge in [-0.25, -0.2) is 0 Å². The molecule has 2 nitrogen and oxygen atoms in total. The van der Waals surface area contributed by atoms with Crippen LogP contribution in [0.3, 0.4) is 0 Å². The highest BCUT2D eigenvalue weighted by atomic mass is 79.9. The van der Waals surface area contributed by atoms with Gasteiger partial charge in [-0.3, -0.25) is 0 Å². The monoisotopic (exact) mass is 324 g/mol. The highest BCUT2D eigenvalue weighted by molar-refractivity contribution is 9.10. The largest absolute Gasteiger partial charge is 0.490 e.